The summed E-state index contributed by atoms with van der Waals surface area (Å²) in [7, 11) is 0. The van der Waals surface area contributed by atoms with Gasteiger partial charge in [-0.2, -0.15) is 0 Å². The second-order valence-corrected chi connectivity index (χ2v) is 6.85. The van der Waals surface area contributed by atoms with Crippen LogP contribution < -0.4 is 0 Å². The molecule has 2 fully saturated rings. The van der Waals surface area contributed by atoms with E-state index >= 15 is 0 Å². The largest absolute Gasteiger partial charge is 0.347 e. The van der Waals surface area contributed by atoms with Gasteiger partial charge in [0.1, 0.15) is 0 Å². The van der Waals surface area contributed by atoms with Crippen LogP contribution in [0.15, 0.2) is 0 Å². The average molecular weight is 257 g/mol. The van der Waals surface area contributed by atoms with E-state index in [0.717, 1.165) is 12.2 Å². The first-order chi connectivity index (χ1) is 8.02. The summed E-state index contributed by atoms with van der Waals surface area (Å²) in [6, 6.07) is 0.263. The molecule has 4 heteroatoms. The van der Waals surface area contributed by atoms with Crippen molar-refractivity contribution in [2.24, 2.45) is 17.8 Å². The fourth-order valence-corrected chi connectivity index (χ4v) is 3.82. The minimum Gasteiger partial charge on any atom is -0.347 e. The molecule has 0 N–H and O–H groups in total. The van der Waals surface area contributed by atoms with Crippen LogP contribution in [0.2, 0.25) is 0 Å². The van der Waals surface area contributed by atoms with Crippen molar-refractivity contribution in [3.63, 3.8) is 0 Å². The van der Waals surface area contributed by atoms with Gasteiger partial charge in [-0.25, -0.2) is 0 Å². The van der Waals surface area contributed by atoms with Gasteiger partial charge in [-0.1, -0.05) is 27.7 Å². The molecule has 0 bridgehead atoms. The van der Waals surface area contributed by atoms with E-state index in [2.05, 4.69) is 27.7 Å². The fraction of sp³-hybridized carbons (Fsp3) is 0.923. The van der Waals surface area contributed by atoms with Crippen LogP contribution in [-0.2, 0) is 9.53 Å². The molecule has 2 saturated heterocycles. The molecular weight excluding hydrogens is 234 g/mol. The van der Waals surface area contributed by atoms with Crippen LogP contribution in [0, 0.1) is 17.8 Å². The lowest BCUT2D eigenvalue weighted by Crippen LogP contribution is -2.46. The van der Waals surface area contributed by atoms with Gasteiger partial charge < -0.3 is 9.64 Å². The molecule has 0 aliphatic carbocycles. The average Bonchev–Trinajstić information content (AvgIpc) is 2.60. The molecule has 0 aromatic carbocycles. The summed E-state index contributed by atoms with van der Waals surface area (Å²) in [4.78, 5) is 14.6. The number of rotatable bonds is 2. The lowest BCUT2D eigenvalue weighted by molar-refractivity contribution is -0.140. The molecule has 0 aromatic rings. The number of thioether (sulfide) groups is 1. The second kappa shape index (κ2) is 5.19. The van der Waals surface area contributed by atoms with Gasteiger partial charge in [0.25, 0.3) is 0 Å². The molecule has 2 rings (SSSR count). The van der Waals surface area contributed by atoms with E-state index < -0.39 is 0 Å². The van der Waals surface area contributed by atoms with Crippen molar-refractivity contribution in [1.29, 1.82) is 0 Å². The lowest BCUT2D eigenvalue weighted by atomic mass is 9.91. The number of nitrogens with zero attached hydrogens (tertiary/aromatic N) is 1. The Morgan fingerprint density at radius 1 is 1.29 bits per heavy atom. The highest BCUT2D eigenvalue weighted by Gasteiger charge is 2.44. The van der Waals surface area contributed by atoms with Gasteiger partial charge >= 0.3 is 0 Å². The third kappa shape index (κ3) is 2.48. The van der Waals surface area contributed by atoms with E-state index in [1.165, 1.54) is 0 Å². The van der Waals surface area contributed by atoms with Gasteiger partial charge in [-0.15, -0.1) is 11.8 Å². The van der Waals surface area contributed by atoms with E-state index in [1.807, 2.05) is 4.90 Å². The number of ether oxygens (including phenoxy) is 1. The Bertz CT molecular complexity index is 293. The summed E-state index contributed by atoms with van der Waals surface area (Å²) < 4.78 is 5.78. The Kier molecular flexibility index (Phi) is 4.03. The molecule has 0 radical (unpaired) electrons. The van der Waals surface area contributed by atoms with Crippen LogP contribution in [0.3, 0.4) is 0 Å². The van der Waals surface area contributed by atoms with E-state index in [-0.39, 0.29) is 17.5 Å². The van der Waals surface area contributed by atoms with Crippen molar-refractivity contribution >= 4 is 17.7 Å². The molecule has 3 atom stereocenters. The third-order valence-electron chi connectivity index (χ3n) is 3.83. The van der Waals surface area contributed by atoms with Gasteiger partial charge in [0.05, 0.1) is 12.6 Å². The highest BCUT2D eigenvalue weighted by Crippen LogP contribution is 2.37. The highest BCUT2D eigenvalue weighted by molar-refractivity contribution is 7.99. The maximum absolute atomic E-state index is 12.6. The number of carbonyl (C=O) groups excluding carboxylic acids is 1. The molecular formula is C13H23NO2S. The molecule has 1 unspecified atom stereocenters. The number of carbonyl (C=O) groups is 1. The summed E-state index contributed by atoms with van der Waals surface area (Å²) >= 11 is 1.78. The summed E-state index contributed by atoms with van der Waals surface area (Å²) in [5.41, 5.74) is -0.0290. The highest BCUT2D eigenvalue weighted by atomic mass is 32.2. The Labute approximate surface area is 108 Å². The van der Waals surface area contributed by atoms with Crippen molar-refractivity contribution in [2.75, 3.05) is 12.4 Å². The van der Waals surface area contributed by atoms with E-state index in [9.17, 15) is 4.79 Å². The Morgan fingerprint density at radius 3 is 2.59 bits per heavy atom. The number of hydrogen-bond acceptors (Lipinski definition) is 3. The standard InChI is InChI=1S/C13H23NO2S/c1-8(2)10-5-6-17-13-14(12(10)15)11(7-16-13)9(3)4/h8-11,13H,5-7H2,1-4H3/t10-,11?,13-/m1/s1. The van der Waals surface area contributed by atoms with E-state index in [0.29, 0.717) is 24.3 Å². The van der Waals surface area contributed by atoms with Crippen LogP contribution in [0.1, 0.15) is 34.1 Å². The van der Waals surface area contributed by atoms with Gasteiger partial charge in [0.2, 0.25) is 5.91 Å². The zero-order valence-electron chi connectivity index (χ0n) is 11.2. The van der Waals surface area contributed by atoms with Crippen molar-refractivity contribution in [1.82, 2.24) is 4.90 Å². The summed E-state index contributed by atoms with van der Waals surface area (Å²) in [5, 5.41) is 0. The molecule has 0 aromatic heterocycles. The molecule has 17 heavy (non-hydrogen) atoms. The summed E-state index contributed by atoms with van der Waals surface area (Å²) in [5.74, 6) is 2.41. The number of hydrogen-bond donors (Lipinski definition) is 0. The Balaban J connectivity index is 2.21. The Morgan fingerprint density at radius 2 is 2.00 bits per heavy atom. The predicted octanol–water partition coefficient (Wildman–Crippen LogP) is 2.56. The van der Waals surface area contributed by atoms with Crippen LogP contribution in [0.5, 0.6) is 0 Å². The second-order valence-electron chi connectivity index (χ2n) is 5.71. The molecule has 2 aliphatic rings. The van der Waals surface area contributed by atoms with Crippen LogP contribution in [0.4, 0.5) is 0 Å². The maximum Gasteiger partial charge on any atom is 0.229 e. The first-order valence-electron chi connectivity index (χ1n) is 6.57. The SMILES string of the molecule is CC(C)C1CO[C@@H]2SCC[C@H](C(C)C)C(=O)N12. The zero-order chi connectivity index (χ0) is 12.6. The maximum atomic E-state index is 12.6. The van der Waals surface area contributed by atoms with Crippen LogP contribution >= 0.6 is 11.8 Å². The van der Waals surface area contributed by atoms with Gasteiger partial charge in [0.15, 0.2) is 5.56 Å². The predicted molar refractivity (Wildman–Crippen MR) is 70.6 cm³/mol. The third-order valence-corrected chi connectivity index (χ3v) is 4.95. The lowest BCUT2D eigenvalue weighted by Gasteiger charge is -2.31. The smallest absolute Gasteiger partial charge is 0.229 e. The van der Waals surface area contributed by atoms with E-state index in [4.69, 9.17) is 4.74 Å². The van der Waals surface area contributed by atoms with Crippen molar-refractivity contribution < 1.29 is 9.53 Å². The van der Waals surface area contributed by atoms with Crippen molar-refractivity contribution in [3.05, 3.63) is 0 Å². The Hall–Kier alpha value is -0.220. The van der Waals surface area contributed by atoms with Crippen LogP contribution in [-0.4, -0.2) is 34.8 Å². The number of amides is 1. The minimum atomic E-state index is -0.0290. The summed E-state index contributed by atoms with van der Waals surface area (Å²) in [6.07, 6.45) is 0.988. The quantitative estimate of drug-likeness (QED) is 0.761. The summed E-state index contributed by atoms with van der Waals surface area (Å²) in [6.45, 7) is 9.34. The molecule has 0 saturated carbocycles. The van der Waals surface area contributed by atoms with E-state index in [1.54, 1.807) is 11.8 Å². The molecule has 0 spiro atoms. The molecule has 3 nitrogen and oxygen atoms in total. The van der Waals surface area contributed by atoms with Gasteiger partial charge in [-0.05, 0) is 24.0 Å². The topological polar surface area (TPSA) is 29.5 Å². The normalized spacial score (nSPS) is 34.4. The monoisotopic (exact) mass is 257 g/mol. The molecule has 2 aliphatic heterocycles. The fourth-order valence-electron chi connectivity index (χ4n) is 2.64. The minimum absolute atomic E-state index is 0.0290. The number of fused-ring (bicyclic) bond motifs is 1. The first-order valence-corrected chi connectivity index (χ1v) is 7.62. The van der Waals surface area contributed by atoms with Crippen LogP contribution in [0.25, 0.3) is 0 Å². The van der Waals surface area contributed by atoms with Gasteiger partial charge in [-0.3, -0.25) is 4.79 Å². The molecule has 98 valence electrons. The molecule has 2 heterocycles. The first kappa shape index (κ1) is 13.2. The van der Waals surface area contributed by atoms with Crippen molar-refractivity contribution in [3.8, 4) is 0 Å². The van der Waals surface area contributed by atoms with Crippen molar-refractivity contribution in [2.45, 2.75) is 45.7 Å². The van der Waals surface area contributed by atoms with Gasteiger partial charge in [0, 0.05) is 5.92 Å². The molecule has 1 amide bonds. The zero-order valence-corrected chi connectivity index (χ0v) is 12.0.